The van der Waals surface area contributed by atoms with E-state index in [0.29, 0.717) is 5.02 Å². The van der Waals surface area contributed by atoms with E-state index in [4.69, 9.17) is 16.3 Å². The zero-order valence-electron chi connectivity index (χ0n) is 11.0. The zero-order valence-corrected chi connectivity index (χ0v) is 11.8. The van der Waals surface area contributed by atoms with Crippen molar-refractivity contribution in [3.05, 3.63) is 34.9 Å². The van der Waals surface area contributed by atoms with Crippen molar-refractivity contribution in [2.45, 2.75) is 44.1 Å². The fourth-order valence-corrected chi connectivity index (χ4v) is 3.69. The van der Waals surface area contributed by atoms with Crippen LogP contribution >= 0.6 is 11.6 Å². The second kappa shape index (κ2) is 5.26. The molecule has 0 aromatic heterocycles. The monoisotopic (exact) mass is 278 g/mol. The van der Waals surface area contributed by atoms with Gasteiger partial charge in [0.1, 0.15) is 0 Å². The average molecular weight is 279 g/mol. The molecule has 1 atom stereocenters. The van der Waals surface area contributed by atoms with Crippen LogP contribution in [0.15, 0.2) is 24.3 Å². The van der Waals surface area contributed by atoms with Crippen molar-refractivity contribution in [3.8, 4) is 0 Å². The molecule has 2 fully saturated rings. The number of benzene rings is 1. The van der Waals surface area contributed by atoms with Crippen molar-refractivity contribution in [3.63, 3.8) is 0 Å². The summed E-state index contributed by atoms with van der Waals surface area (Å²) in [6.07, 6.45) is 6.43. The quantitative estimate of drug-likeness (QED) is 0.756. The Balaban J connectivity index is 1.76. The number of carbonyl (C=O) groups is 1. The summed E-state index contributed by atoms with van der Waals surface area (Å²) < 4.78 is 5.99. The number of rotatable bonds is 2. The molecule has 1 heterocycles. The summed E-state index contributed by atoms with van der Waals surface area (Å²) >= 11 is 5.97. The van der Waals surface area contributed by atoms with E-state index in [1.807, 2.05) is 12.1 Å². The van der Waals surface area contributed by atoms with E-state index in [-0.39, 0.29) is 17.3 Å². The van der Waals surface area contributed by atoms with Crippen LogP contribution in [0.4, 0.5) is 0 Å². The summed E-state index contributed by atoms with van der Waals surface area (Å²) in [5, 5.41) is 0.633. The standard InChI is InChI=1S/C16H19ClO2/c17-14-5-3-4-12(10-14)15(18)13-6-9-19-16(11-13)7-1-2-8-16/h3-5,10,13H,1-2,6-9,11H2. The Bertz CT molecular complexity index is 477. The molecule has 3 rings (SSSR count). The molecule has 1 unspecified atom stereocenters. The van der Waals surface area contributed by atoms with Crippen LogP contribution in [0.1, 0.15) is 48.9 Å². The third-order valence-corrected chi connectivity index (χ3v) is 4.72. The molecule has 1 saturated carbocycles. The van der Waals surface area contributed by atoms with E-state index in [1.54, 1.807) is 12.1 Å². The van der Waals surface area contributed by atoms with Crippen molar-refractivity contribution in [1.82, 2.24) is 0 Å². The Kier molecular flexibility index (Phi) is 3.64. The van der Waals surface area contributed by atoms with Crippen molar-refractivity contribution >= 4 is 17.4 Å². The molecule has 2 aliphatic rings. The lowest BCUT2D eigenvalue weighted by molar-refractivity contribution is -0.0866. The van der Waals surface area contributed by atoms with Gasteiger partial charge in [-0.05, 0) is 37.8 Å². The van der Waals surface area contributed by atoms with Crippen molar-refractivity contribution < 1.29 is 9.53 Å². The molecule has 1 spiro atoms. The predicted molar refractivity (Wildman–Crippen MR) is 75.7 cm³/mol. The third-order valence-electron chi connectivity index (χ3n) is 4.49. The molecule has 0 radical (unpaired) electrons. The minimum Gasteiger partial charge on any atom is -0.375 e. The second-order valence-electron chi connectivity index (χ2n) is 5.80. The van der Waals surface area contributed by atoms with Crippen LogP contribution in [-0.2, 0) is 4.74 Å². The molecule has 1 aliphatic carbocycles. The fraction of sp³-hybridized carbons (Fsp3) is 0.562. The van der Waals surface area contributed by atoms with E-state index in [9.17, 15) is 4.79 Å². The summed E-state index contributed by atoms with van der Waals surface area (Å²) in [7, 11) is 0. The largest absolute Gasteiger partial charge is 0.375 e. The van der Waals surface area contributed by atoms with Gasteiger partial charge in [0.25, 0.3) is 0 Å². The zero-order chi connectivity index (χ0) is 13.3. The Labute approximate surface area is 119 Å². The molecule has 1 aromatic rings. The highest BCUT2D eigenvalue weighted by molar-refractivity contribution is 6.31. The predicted octanol–water partition coefficient (Wildman–Crippen LogP) is 4.26. The van der Waals surface area contributed by atoms with E-state index < -0.39 is 0 Å². The first-order valence-corrected chi connectivity index (χ1v) is 7.50. The molecule has 1 saturated heterocycles. The summed E-state index contributed by atoms with van der Waals surface area (Å²) in [6.45, 7) is 0.719. The van der Waals surface area contributed by atoms with Gasteiger partial charge in [0, 0.05) is 23.1 Å². The van der Waals surface area contributed by atoms with Gasteiger partial charge in [-0.15, -0.1) is 0 Å². The first-order chi connectivity index (χ1) is 9.19. The molecular formula is C16H19ClO2. The first-order valence-electron chi connectivity index (χ1n) is 7.12. The Hall–Kier alpha value is -0.860. The number of Topliss-reactive ketones (excluding diaryl/α,β-unsaturated/α-hetero) is 1. The lowest BCUT2D eigenvalue weighted by Crippen LogP contribution is -2.39. The number of hydrogen-bond donors (Lipinski definition) is 0. The van der Waals surface area contributed by atoms with Gasteiger partial charge in [-0.3, -0.25) is 4.79 Å². The summed E-state index contributed by atoms with van der Waals surface area (Å²) in [5.41, 5.74) is 0.740. The SMILES string of the molecule is O=C(c1cccc(Cl)c1)C1CCOC2(CCCC2)C1. The maximum absolute atomic E-state index is 12.6. The van der Waals surface area contributed by atoms with Gasteiger partial charge in [-0.2, -0.15) is 0 Å². The lowest BCUT2D eigenvalue weighted by Gasteiger charge is -2.37. The van der Waals surface area contributed by atoms with Crippen LogP contribution in [0.5, 0.6) is 0 Å². The van der Waals surface area contributed by atoms with Crippen molar-refractivity contribution in [2.75, 3.05) is 6.61 Å². The first kappa shape index (κ1) is 13.1. The topological polar surface area (TPSA) is 26.3 Å². The van der Waals surface area contributed by atoms with Gasteiger partial charge in [0.2, 0.25) is 0 Å². The molecule has 3 heteroatoms. The number of halogens is 1. The van der Waals surface area contributed by atoms with Crippen LogP contribution in [0.25, 0.3) is 0 Å². The van der Waals surface area contributed by atoms with Gasteiger partial charge in [0.05, 0.1) is 5.60 Å². The number of carbonyl (C=O) groups excluding carboxylic acids is 1. The van der Waals surface area contributed by atoms with Gasteiger partial charge in [-0.25, -0.2) is 0 Å². The molecule has 1 aromatic carbocycles. The molecule has 0 amide bonds. The smallest absolute Gasteiger partial charge is 0.166 e. The number of hydrogen-bond acceptors (Lipinski definition) is 2. The molecule has 0 bridgehead atoms. The normalized spacial score (nSPS) is 25.6. The number of ether oxygens (including phenoxy) is 1. The molecule has 19 heavy (non-hydrogen) atoms. The second-order valence-corrected chi connectivity index (χ2v) is 6.24. The average Bonchev–Trinajstić information content (AvgIpc) is 2.86. The fourth-order valence-electron chi connectivity index (χ4n) is 3.50. The minimum atomic E-state index is -0.00283. The van der Waals surface area contributed by atoms with Gasteiger partial charge >= 0.3 is 0 Å². The lowest BCUT2D eigenvalue weighted by atomic mass is 9.81. The van der Waals surface area contributed by atoms with Crippen LogP contribution in [0.3, 0.4) is 0 Å². The van der Waals surface area contributed by atoms with E-state index in [1.165, 1.54) is 12.8 Å². The molecule has 2 nitrogen and oxygen atoms in total. The summed E-state index contributed by atoms with van der Waals surface area (Å²) in [5.74, 6) is 0.336. The van der Waals surface area contributed by atoms with Gasteiger partial charge in [-0.1, -0.05) is 36.6 Å². The van der Waals surface area contributed by atoms with E-state index >= 15 is 0 Å². The van der Waals surface area contributed by atoms with E-state index in [0.717, 1.165) is 37.9 Å². The Morgan fingerprint density at radius 3 is 2.84 bits per heavy atom. The van der Waals surface area contributed by atoms with Gasteiger partial charge < -0.3 is 4.74 Å². The summed E-state index contributed by atoms with van der Waals surface area (Å²) in [4.78, 5) is 12.6. The molecule has 102 valence electrons. The van der Waals surface area contributed by atoms with Crippen molar-refractivity contribution in [2.24, 2.45) is 5.92 Å². The van der Waals surface area contributed by atoms with Gasteiger partial charge in [0.15, 0.2) is 5.78 Å². The van der Waals surface area contributed by atoms with Crippen molar-refractivity contribution in [1.29, 1.82) is 0 Å². The maximum Gasteiger partial charge on any atom is 0.166 e. The number of ketones is 1. The third kappa shape index (κ3) is 2.70. The molecular weight excluding hydrogens is 260 g/mol. The Morgan fingerprint density at radius 2 is 2.11 bits per heavy atom. The molecule has 1 aliphatic heterocycles. The highest BCUT2D eigenvalue weighted by atomic mass is 35.5. The maximum atomic E-state index is 12.6. The highest BCUT2D eigenvalue weighted by Gasteiger charge is 2.41. The van der Waals surface area contributed by atoms with Crippen LogP contribution in [0.2, 0.25) is 5.02 Å². The Morgan fingerprint density at radius 1 is 1.32 bits per heavy atom. The minimum absolute atomic E-state index is 0.00283. The van der Waals surface area contributed by atoms with E-state index in [2.05, 4.69) is 0 Å². The molecule has 0 N–H and O–H groups in total. The summed E-state index contributed by atoms with van der Waals surface area (Å²) in [6, 6.07) is 7.30. The highest BCUT2D eigenvalue weighted by Crippen LogP contribution is 2.42. The van der Waals surface area contributed by atoms with Crippen LogP contribution in [0, 0.1) is 5.92 Å². The van der Waals surface area contributed by atoms with Crippen LogP contribution < -0.4 is 0 Å². The van der Waals surface area contributed by atoms with Crippen LogP contribution in [-0.4, -0.2) is 18.0 Å².